The Balaban J connectivity index is 1.55. The quantitative estimate of drug-likeness (QED) is 0.203. The van der Waals surface area contributed by atoms with E-state index in [2.05, 4.69) is 0 Å². The zero-order valence-electron chi connectivity index (χ0n) is 19.6. The van der Waals surface area contributed by atoms with Gasteiger partial charge in [-0.15, -0.1) is 11.3 Å². The standard InChI is InChI=1S/C24H21ClN2O7S4/c25-21-14-19-24(35-21)36-23(27(19)9-4-11-37(28,29)30)15-22-26(10-12-38(31,32)33)18-13-17(7-8-20(18)34-22)16-5-2-1-3-6-16/h1-3,5-8,13-15H,4,9-12H2,(H-,28,29,30,31,32,33)/p-1. The summed E-state index contributed by atoms with van der Waals surface area (Å²) >= 11 is 8.95. The summed E-state index contributed by atoms with van der Waals surface area (Å²) in [4.78, 5) is 1.64. The number of aromatic nitrogens is 1. The van der Waals surface area contributed by atoms with E-state index in [-0.39, 0.29) is 19.5 Å². The fourth-order valence-electron chi connectivity index (χ4n) is 4.16. The van der Waals surface area contributed by atoms with Gasteiger partial charge in [0.2, 0.25) is 11.4 Å². The Bertz CT molecular complexity index is 1750. The van der Waals surface area contributed by atoms with Gasteiger partial charge in [-0.1, -0.05) is 59.3 Å². The number of thiazole rings is 1. The molecule has 0 fully saturated rings. The van der Waals surface area contributed by atoms with Crippen molar-refractivity contribution in [2.75, 3.05) is 23.0 Å². The van der Waals surface area contributed by atoms with Crippen LogP contribution < -0.4 is 14.2 Å². The summed E-state index contributed by atoms with van der Waals surface area (Å²) in [7, 11) is -8.87. The van der Waals surface area contributed by atoms with Gasteiger partial charge in [-0.05, 0) is 23.3 Å². The highest BCUT2D eigenvalue weighted by Crippen LogP contribution is 2.42. The average molecular weight is 612 g/mol. The molecule has 0 atom stereocenters. The molecule has 2 aromatic heterocycles. The molecule has 0 amide bonds. The lowest BCUT2D eigenvalue weighted by Gasteiger charge is -2.19. The Hall–Kier alpha value is -2.52. The zero-order chi connectivity index (χ0) is 27.1. The summed E-state index contributed by atoms with van der Waals surface area (Å²) in [5.41, 5.74) is 3.26. The highest BCUT2D eigenvalue weighted by molar-refractivity contribution is 7.85. The van der Waals surface area contributed by atoms with Crippen molar-refractivity contribution in [2.45, 2.75) is 13.0 Å². The lowest BCUT2D eigenvalue weighted by molar-refractivity contribution is -0.668. The van der Waals surface area contributed by atoms with E-state index >= 15 is 0 Å². The molecule has 1 aliphatic heterocycles. The molecule has 38 heavy (non-hydrogen) atoms. The third kappa shape index (κ3) is 6.20. The van der Waals surface area contributed by atoms with Gasteiger partial charge in [-0.25, -0.2) is 16.8 Å². The Morgan fingerprint density at radius 1 is 0.947 bits per heavy atom. The summed E-state index contributed by atoms with van der Waals surface area (Å²) in [5, 5.41) is 0.687. The number of nitrogens with zero attached hydrogens (tertiary/aromatic N) is 2. The van der Waals surface area contributed by atoms with Crippen molar-refractivity contribution in [3.05, 3.63) is 69.8 Å². The lowest BCUT2D eigenvalue weighted by atomic mass is 10.0. The topological polar surface area (TPSA) is 131 Å². The Labute approximate surface area is 232 Å². The molecule has 5 rings (SSSR count). The second-order valence-electron chi connectivity index (χ2n) is 8.48. The SMILES string of the molecule is O=S(=O)([O-])CCC[n+]1c(C=C2Oc3ccc(-c4ccccc4)cc3N2CCS(=O)(=O)[O-])sc2sc(Cl)cc21. The number of hydrogen-bond donors (Lipinski definition) is 0. The van der Waals surface area contributed by atoms with Crippen molar-refractivity contribution in [2.24, 2.45) is 0 Å². The predicted molar refractivity (Wildman–Crippen MR) is 146 cm³/mol. The van der Waals surface area contributed by atoms with Gasteiger partial charge in [0.15, 0.2) is 16.3 Å². The maximum Gasteiger partial charge on any atom is 0.268 e. The summed E-state index contributed by atoms with van der Waals surface area (Å²) < 4.78 is 77.3. The smallest absolute Gasteiger partial charge is 0.268 e. The maximum atomic E-state index is 11.5. The van der Waals surface area contributed by atoms with Crippen LogP contribution >= 0.6 is 34.3 Å². The van der Waals surface area contributed by atoms with E-state index in [1.165, 1.54) is 22.7 Å². The lowest BCUT2D eigenvalue weighted by Crippen LogP contribution is -2.36. The zero-order valence-corrected chi connectivity index (χ0v) is 23.6. The number of benzene rings is 2. The number of thiophene rings is 1. The van der Waals surface area contributed by atoms with E-state index in [0.717, 1.165) is 20.7 Å². The molecule has 200 valence electrons. The molecule has 0 spiro atoms. The first-order valence-electron chi connectivity index (χ1n) is 11.3. The second kappa shape index (κ2) is 10.6. The molecule has 0 bridgehead atoms. The van der Waals surface area contributed by atoms with E-state index in [9.17, 15) is 25.9 Å². The minimum Gasteiger partial charge on any atom is -0.748 e. The molecule has 0 N–H and O–H groups in total. The minimum absolute atomic E-state index is 0.103. The van der Waals surface area contributed by atoms with Gasteiger partial charge < -0.3 is 18.7 Å². The van der Waals surface area contributed by atoms with Crippen LogP contribution in [0.5, 0.6) is 5.75 Å². The van der Waals surface area contributed by atoms with Crippen LogP contribution in [0.25, 0.3) is 26.7 Å². The van der Waals surface area contributed by atoms with Crippen LogP contribution in [0.3, 0.4) is 0 Å². The monoisotopic (exact) mass is 611 g/mol. The normalized spacial score (nSPS) is 14.8. The number of fused-ring (bicyclic) bond motifs is 2. The fraction of sp³-hybridized carbons (Fsp3) is 0.208. The van der Waals surface area contributed by atoms with Crippen LogP contribution in [0.2, 0.25) is 4.34 Å². The number of rotatable bonds is 9. The van der Waals surface area contributed by atoms with E-state index in [1.54, 1.807) is 23.1 Å². The van der Waals surface area contributed by atoms with Crippen LogP contribution in [-0.2, 0) is 26.8 Å². The highest BCUT2D eigenvalue weighted by Gasteiger charge is 2.30. The Morgan fingerprint density at radius 3 is 2.39 bits per heavy atom. The van der Waals surface area contributed by atoms with Crippen LogP contribution in [0.15, 0.2) is 60.5 Å². The van der Waals surface area contributed by atoms with Crippen molar-refractivity contribution in [1.82, 2.24) is 0 Å². The van der Waals surface area contributed by atoms with E-state index < -0.39 is 31.7 Å². The molecule has 0 unspecified atom stereocenters. The van der Waals surface area contributed by atoms with Crippen LogP contribution in [0.1, 0.15) is 11.4 Å². The molecular weight excluding hydrogens is 592 g/mol. The molecule has 0 radical (unpaired) electrons. The molecule has 9 nitrogen and oxygen atoms in total. The Morgan fingerprint density at radius 2 is 1.68 bits per heavy atom. The third-order valence-corrected chi connectivity index (χ3v) is 9.79. The molecule has 1 aliphatic rings. The van der Waals surface area contributed by atoms with E-state index in [1.807, 2.05) is 47.0 Å². The second-order valence-corrected chi connectivity index (χ2v) is 14.5. The number of aryl methyl sites for hydroxylation is 1. The molecule has 2 aromatic carbocycles. The average Bonchev–Trinajstić information content (AvgIpc) is 3.47. The van der Waals surface area contributed by atoms with Gasteiger partial charge >= 0.3 is 0 Å². The largest absolute Gasteiger partial charge is 0.748 e. The van der Waals surface area contributed by atoms with Crippen molar-refractivity contribution in [3.63, 3.8) is 0 Å². The summed E-state index contributed by atoms with van der Waals surface area (Å²) in [6, 6.07) is 17.0. The van der Waals surface area contributed by atoms with Crippen LogP contribution in [0, 0.1) is 0 Å². The number of ether oxygens (including phenoxy) is 1. The first-order chi connectivity index (χ1) is 18.0. The number of halogens is 1. The molecule has 14 heteroatoms. The predicted octanol–water partition coefficient (Wildman–Crippen LogP) is 4.25. The minimum atomic E-state index is -4.50. The van der Waals surface area contributed by atoms with Gasteiger partial charge in [-0.3, -0.25) is 0 Å². The number of anilines is 1. The molecule has 0 saturated carbocycles. The summed E-state index contributed by atoms with van der Waals surface area (Å²) in [6.07, 6.45) is 1.82. The maximum absolute atomic E-state index is 11.5. The molecule has 3 heterocycles. The van der Waals surface area contributed by atoms with Crippen molar-refractivity contribution < 1.29 is 35.2 Å². The van der Waals surface area contributed by atoms with Gasteiger partial charge in [0, 0.05) is 24.8 Å². The molecule has 0 saturated heterocycles. The summed E-state index contributed by atoms with van der Waals surface area (Å²) in [5.74, 6) is -0.314. The Kier molecular flexibility index (Phi) is 7.52. The van der Waals surface area contributed by atoms with Crippen LogP contribution in [-0.4, -0.2) is 44.0 Å². The molecule has 4 aromatic rings. The number of hydrogen-bond acceptors (Lipinski definition) is 10. The van der Waals surface area contributed by atoms with Crippen molar-refractivity contribution in [3.8, 4) is 16.9 Å². The van der Waals surface area contributed by atoms with Gasteiger partial charge in [0.1, 0.15) is 4.34 Å². The first kappa shape index (κ1) is 27.1. The summed E-state index contributed by atoms with van der Waals surface area (Å²) in [6.45, 7) is 0.122. The van der Waals surface area contributed by atoms with E-state index in [0.29, 0.717) is 26.7 Å². The first-order valence-corrected chi connectivity index (χ1v) is 16.5. The van der Waals surface area contributed by atoms with Gasteiger partial charge in [-0.2, -0.15) is 4.57 Å². The van der Waals surface area contributed by atoms with Crippen molar-refractivity contribution in [1.29, 1.82) is 0 Å². The third-order valence-electron chi connectivity index (χ3n) is 5.83. The molecule has 0 aliphatic carbocycles. The highest BCUT2D eigenvalue weighted by atomic mass is 35.5. The molecular formula is C24H20ClN2O7S4-. The fourth-order valence-corrected chi connectivity index (χ4v) is 7.76. The van der Waals surface area contributed by atoms with Gasteiger partial charge in [0.05, 0.1) is 37.8 Å². The van der Waals surface area contributed by atoms with Crippen LogP contribution in [0.4, 0.5) is 5.69 Å². The van der Waals surface area contributed by atoms with Gasteiger partial charge in [0.25, 0.3) is 5.01 Å². The van der Waals surface area contributed by atoms with E-state index in [4.69, 9.17) is 16.3 Å². The van der Waals surface area contributed by atoms with Crippen molar-refractivity contribution >= 4 is 75.8 Å².